The van der Waals surface area contributed by atoms with E-state index in [0.29, 0.717) is 25.1 Å². The van der Waals surface area contributed by atoms with Gasteiger partial charge < -0.3 is 15.3 Å². The van der Waals surface area contributed by atoms with E-state index in [4.69, 9.17) is 5.11 Å². The summed E-state index contributed by atoms with van der Waals surface area (Å²) >= 11 is 6.75. The number of likely N-dealkylation sites (tertiary alicyclic amines) is 1. The van der Waals surface area contributed by atoms with Gasteiger partial charge in [-0.2, -0.15) is 0 Å². The first-order valence-electron chi connectivity index (χ1n) is 6.22. The van der Waals surface area contributed by atoms with E-state index in [2.05, 4.69) is 37.2 Å². The fourth-order valence-corrected chi connectivity index (χ4v) is 3.36. The molecule has 108 valence electrons. The Morgan fingerprint density at radius 1 is 1.30 bits per heavy atom. The highest BCUT2D eigenvalue weighted by molar-refractivity contribution is 9.11. The van der Waals surface area contributed by atoms with Crippen LogP contribution in [0, 0.1) is 5.92 Å². The van der Waals surface area contributed by atoms with Gasteiger partial charge in [0.25, 0.3) is 0 Å². The number of nitrogens with one attached hydrogen (secondary N) is 1. The molecule has 1 aliphatic heterocycles. The summed E-state index contributed by atoms with van der Waals surface area (Å²) in [5, 5.41) is 11.9. The highest BCUT2D eigenvalue weighted by atomic mass is 79.9. The Hall–Kier alpha value is -1.08. The van der Waals surface area contributed by atoms with E-state index in [1.165, 1.54) is 0 Å². The lowest BCUT2D eigenvalue weighted by molar-refractivity contribution is -0.143. The van der Waals surface area contributed by atoms with Crippen molar-refractivity contribution in [1.29, 1.82) is 0 Å². The van der Waals surface area contributed by atoms with Crippen LogP contribution in [0.3, 0.4) is 0 Å². The van der Waals surface area contributed by atoms with Gasteiger partial charge in [0.15, 0.2) is 0 Å². The van der Waals surface area contributed by atoms with Crippen LogP contribution in [0.2, 0.25) is 0 Å². The van der Waals surface area contributed by atoms with Gasteiger partial charge in [-0.05, 0) is 56.8 Å². The minimum atomic E-state index is -0.843. The normalized spacial score (nSPS) is 18.7. The molecule has 0 bridgehead atoms. The van der Waals surface area contributed by atoms with Crippen molar-refractivity contribution in [3.63, 3.8) is 0 Å². The predicted molar refractivity (Wildman–Crippen MR) is 82.8 cm³/mol. The Bertz CT molecular complexity index is 516. The lowest BCUT2D eigenvalue weighted by atomic mass is 9.99. The number of urea groups is 1. The van der Waals surface area contributed by atoms with Crippen LogP contribution in [0.25, 0.3) is 0 Å². The second-order valence-electron chi connectivity index (χ2n) is 4.65. The standard InChI is InChI=1S/C13H14Br2N2O3/c14-9-4-1-5-10(15)11(9)16-13(20)17-6-2-3-8(7-17)12(18)19/h1,4-5,8H,2-3,6-7H2,(H,16,20)(H,18,19)/t8-/m0/s1. The summed E-state index contributed by atoms with van der Waals surface area (Å²) in [6.45, 7) is 0.834. The van der Waals surface area contributed by atoms with Crippen LogP contribution in [0.4, 0.5) is 10.5 Å². The number of benzene rings is 1. The van der Waals surface area contributed by atoms with Crippen molar-refractivity contribution in [2.45, 2.75) is 12.8 Å². The number of hydrogen-bond donors (Lipinski definition) is 2. The molecule has 0 aromatic heterocycles. The zero-order chi connectivity index (χ0) is 14.7. The number of rotatable bonds is 2. The summed E-state index contributed by atoms with van der Waals surface area (Å²) < 4.78 is 1.54. The van der Waals surface area contributed by atoms with Gasteiger partial charge in [0, 0.05) is 22.0 Å². The highest BCUT2D eigenvalue weighted by Crippen LogP contribution is 2.31. The summed E-state index contributed by atoms with van der Waals surface area (Å²) in [6.07, 6.45) is 1.33. The molecule has 20 heavy (non-hydrogen) atoms. The number of para-hydroxylation sites is 1. The number of carbonyl (C=O) groups excluding carboxylic acids is 1. The summed E-state index contributed by atoms with van der Waals surface area (Å²) in [5.74, 6) is -1.32. The van der Waals surface area contributed by atoms with E-state index >= 15 is 0 Å². The maximum Gasteiger partial charge on any atom is 0.321 e. The van der Waals surface area contributed by atoms with E-state index in [0.717, 1.165) is 8.95 Å². The molecule has 0 unspecified atom stereocenters. The second-order valence-corrected chi connectivity index (χ2v) is 6.36. The van der Waals surface area contributed by atoms with Crippen molar-refractivity contribution in [1.82, 2.24) is 4.90 Å². The molecule has 1 aromatic rings. The Morgan fingerprint density at radius 3 is 2.55 bits per heavy atom. The van der Waals surface area contributed by atoms with Crippen LogP contribution in [-0.4, -0.2) is 35.1 Å². The average Bonchev–Trinajstić information content (AvgIpc) is 2.43. The number of piperidine rings is 1. The van der Waals surface area contributed by atoms with Crippen molar-refractivity contribution >= 4 is 49.5 Å². The molecule has 5 nitrogen and oxygen atoms in total. The molecule has 2 amide bonds. The number of carboxylic acids is 1. The molecule has 7 heteroatoms. The highest BCUT2D eigenvalue weighted by Gasteiger charge is 2.28. The number of halogens is 2. The average molecular weight is 406 g/mol. The topological polar surface area (TPSA) is 69.6 Å². The van der Waals surface area contributed by atoms with Crippen molar-refractivity contribution in [3.05, 3.63) is 27.1 Å². The SMILES string of the molecule is O=C(O)[C@H]1CCCN(C(=O)Nc2c(Br)cccc2Br)C1. The number of anilines is 1. The van der Waals surface area contributed by atoms with Crippen molar-refractivity contribution in [2.24, 2.45) is 5.92 Å². The minimum absolute atomic E-state index is 0.253. The van der Waals surface area contributed by atoms with Gasteiger partial charge in [0.1, 0.15) is 0 Å². The molecule has 1 saturated heterocycles. The van der Waals surface area contributed by atoms with Crippen LogP contribution >= 0.6 is 31.9 Å². The fourth-order valence-electron chi connectivity index (χ4n) is 2.17. The van der Waals surface area contributed by atoms with Crippen LogP contribution < -0.4 is 5.32 Å². The Kier molecular flexibility index (Phi) is 5.04. The van der Waals surface area contributed by atoms with Gasteiger partial charge in [-0.25, -0.2) is 4.79 Å². The molecule has 1 heterocycles. The molecule has 0 radical (unpaired) electrons. The van der Waals surface area contributed by atoms with E-state index in [1.54, 1.807) is 4.90 Å². The van der Waals surface area contributed by atoms with Gasteiger partial charge in [0.2, 0.25) is 0 Å². The zero-order valence-corrected chi connectivity index (χ0v) is 13.8. The van der Waals surface area contributed by atoms with E-state index in [-0.39, 0.29) is 12.6 Å². The van der Waals surface area contributed by atoms with Crippen LogP contribution in [-0.2, 0) is 4.79 Å². The van der Waals surface area contributed by atoms with Gasteiger partial charge in [-0.3, -0.25) is 4.79 Å². The van der Waals surface area contributed by atoms with E-state index in [1.807, 2.05) is 18.2 Å². The van der Waals surface area contributed by atoms with E-state index < -0.39 is 11.9 Å². The number of amides is 2. The van der Waals surface area contributed by atoms with Crippen molar-refractivity contribution in [2.75, 3.05) is 18.4 Å². The maximum atomic E-state index is 12.2. The number of hydrogen-bond acceptors (Lipinski definition) is 2. The number of nitrogens with zero attached hydrogens (tertiary/aromatic N) is 1. The molecule has 1 aliphatic rings. The summed E-state index contributed by atoms with van der Waals surface area (Å²) in [5.41, 5.74) is 0.648. The smallest absolute Gasteiger partial charge is 0.321 e. The third-order valence-electron chi connectivity index (χ3n) is 3.25. The van der Waals surface area contributed by atoms with E-state index in [9.17, 15) is 9.59 Å². The summed E-state index contributed by atoms with van der Waals surface area (Å²) in [6, 6.07) is 5.24. The molecular weight excluding hydrogens is 392 g/mol. The Morgan fingerprint density at radius 2 is 1.95 bits per heavy atom. The largest absolute Gasteiger partial charge is 0.481 e. The summed E-state index contributed by atoms with van der Waals surface area (Å²) in [7, 11) is 0. The zero-order valence-electron chi connectivity index (χ0n) is 10.6. The second kappa shape index (κ2) is 6.58. The number of carbonyl (C=O) groups is 2. The fraction of sp³-hybridized carbons (Fsp3) is 0.385. The van der Waals surface area contributed by atoms with Crippen LogP contribution in [0.15, 0.2) is 27.1 Å². The third-order valence-corrected chi connectivity index (χ3v) is 4.57. The van der Waals surface area contributed by atoms with Crippen LogP contribution in [0.5, 0.6) is 0 Å². The lowest BCUT2D eigenvalue weighted by Gasteiger charge is -2.31. The van der Waals surface area contributed by atoms with Crippen molar-refractivity contribution < 1.29 is 14.7 Å². The summed E-state index contributed by atoms with van der Waals surface area (Å²) in [4.78, 5) is 24.8. The Balaban J connectivity index is 2.06. The minimum Gasteiger partial charge on any atom is -0.481 e. The van der Waals surface area contributed by atoms with Gasteiger partial charge >= 0.3 is 12.0 Å². The molecule has 0 aliphatic carbocycles. The molecule has 1 atom stereocenters. The first kappa shape index (κ1) is 15.3. The molecular formula is C13H14Br2N2O3. The van der Waals surface area contributed by atoms with Gasteiger partial charge in [-0.15, -0.1) is 0 Å². The molecule has 0 saturated carbocycles. The number of carboxylic acid groups (broad SMARTS) is 1. The molecule has 1 fully saturated rings. The lowest BCUT2D eigenvalue weighted by Crippen LogP contribution is -2.44. The maximum absolute atomic E-state index is 12.2. The quantitative estimate of drug-likeness (QED) is 0.790. The molecule has 1 aromatic carbocycles. The van der Waals surface area contributed by atoms with Gasteiger partial charge in [-0.1, -0.05) is 6.07 Å². The molecule has 2 rings (SSSR count). The molecule has 2 N–H and O–H groups in total. The number of aliphatic carboxylic acids is 1. The first-order chi connectivity index (χ1) is 9.49. The van der Waals surface area contributed by atoms with Crippen molar-refractivity contribution in [3.8, 4) is 0 Å². The Labute approximate surface area is 133 Å². The predicted octanol–water partition coefficient (Wildman–Crippen LogP) is 3.54. The van der Waals surface area contributed by atoms with Gasteiger partial charge in [0.05, 0.1) is 11.6 Å². The first-order valence-corrected chi connectivity index (χ1v) is 7.80. The monoisotopic (exact) mass is 404 g/mol. The molecule has 0 spiro atoms. The third kappa shape index (κ3) is 3.52. The van der Waals surface area contributed by atoms with Crippen LogP contribution in [0.1, 0.15) is 12.8 Å².